The van der Waals surface area contributed by atoms with Gasteiger partial charge in [-0.1, -0.05) is 0 Å². The van der Waals surface area contributed by atoms with Crippen molar-refractivity contribution < 1.29 is 9.72 Å². The van der Waals surface area contributed by atoms with Crippen LogP contribution < -0.4 is 11.1 Å². The van der Waals surface area contributed by atoms with Crippen LogP contribution in [0.5, 0.6) is 0 Å². The zero-order chi connectivity index (χ0) is 13.2. The maximum atomic E-state index is 11.2. The van der Waals surface area contributed by atoms with Crippen molar-refractivity contribution in [3.63, 3.8) is 0 Å². The standard InChI is InChI=1S/C10H14N4O3/c1-6-4-5-12-8(7(6)14(16)17)13-10(2,3)9(11)15/h4-5H,1-3H3,(H2,11,15)(H,12,13). The molecule has 1 aromatic heterocycles. The van der Waals surface area contributed by atoms with Crippen LogP contribution in [0.1, 0.15) is 19.4 Å². The molecule has 1 amide bonds. The number of nitrogens with one attached hydrogen (secondary N) is 1. The van der Waals surface area contributed by atoms with E-state index in [0.717, 1.165) is 0 Å². The normalized spacial score (nSPS) is 11.0. The van der Waals surface area contributed by atoms with E-state index in [-0.39, 0.29) is 11.5 Å². The molecule has 1 aromatic rings. The van der Waals surface area contributed by atoms with Crippen LogP contribution in [0.4, 0.5) is 11.5 Å². The lowest BCUT2D eigenvalue weighted by Gasteiger charge is -2.22. The Balaban J connectivity index is 3.20. The Hall–Kier alpha value is -2.18. The fraction of sp³-hybridized carbons (Fsp3) is 0.400. The summed E-state index contributed by atoms with van der Waals surface area (Å²) in [6, 6.07) is 1.53. The highest BCUT2D eigenvalue weighted by molar-refractivity contribution is 5.87. The predicted molar refractivity (Wildman–Crippen MR) is 62.5 cm³/mol. The molecule has 92 valence electrons. The topological polar surface area (TPSA) is 111 Å². The average Bonchev–Trinajstić information content (AvgIpc) is 2.15. The lowest BCUT2D eigenvalue weighted by Crippen LogP contribution is -2.45. The van der Waals surface area contributed by atoms with Crippen LogP contribution in [-0.2, 0) is 4.79 Å². The Kier molecular flexibility index (Phi) is 3.31. The van der Waals surface area contributed by atoms with Crippen molar-refractivity contribution in [3.8, 4) is 0 Å². The van der Waals surface area contributed by atoms with Crippen LogP contribution in [0.2, 0.25) is 0 Å². The molecule has 1 heterocycles. The van der Waals surface area contributed by atoms with Crippen molar-refractivity contribution in [1.29, 1.82) is 0 Å². The number of nitrogens with zero attached hydrogens (tertiary/aromatic N) is 2. The van der Waals surface area contributed by atoms with Crippen molar-refractivity contribution in [1.82, 2.24) is 4.98 Å². The van der Waals surface area contributed by atoms with Crippen molar-refractivity contribution in [2.75, 3.05) is 5.32 Å². The number of carbonyl (C=O) groups is 1. The maximum Gasteiger partial charge on any atom is 0.314 e. The van der Waals surface area contributed by atoms with Crippen LogP contribution >= 0.6 is 0 Å². The molecule has 0 aliphatic rings. The summed E-state index contributed by atoms with van der Waals surface area (Å²) in [6.07, 6.45) is 1.43. The summed E-state index contributed by atoms with van der Waals surface area (Å²) in [5.41, 5.74) is 4.39. The van der Waals surface area contributed by atoms with Gasteiger partial charge in [-0.25, -0.2) is 4.98 Å². The molecule has 7 heteroatoms. The minimum atomic E-state index is -1.11. The molecule has 7 nitrogen and oxygen atoms in total. The SMILES string of the molecule is Cc1ccnc(NC(C)(C)C(N)=O)c1[N+](=O)[O-]. The summed E-state index contributed by atoms with van der Waals surface area (Å²) < 4.78 is 0. The van der Waals surface area contributed by atoms with Crippen molar-refractivity contribution in [2.24, 2.45) is 5.73 Å². The van der Waals surface area contributed by atoms with E-state index < -0.39 is 16.4 Å². The summed E-state index contributed by atoms with van der Waals surface area (Å²) in [5.74, 6) is -0.575. The number of carbonyl (C=O) groups excluding carboxylic acids is 1. The van der Waals surface area contributed by atoms with Gasteiger partial charge in [0.2, 0.25) is 11.7 Å². The van der Waals surface area contributed by atoms with E-state index in [4.69, 9.17) is 5.73 Å². The van der Waals surface area contributed by atoms with Crippen LogP contribution in [0.3, 0.4) is 0 Å². The molecule has 0 fully saturated rings. The molecular formula is C10H14N4O3. The van der Waals surface area contributed by atoms with Crippen molar-refractivity contribution in [2.45, 2.75) is 26.3 Å². The highest BCUT2D eigenvalue weighted by Crippen LogP contribution is 2.27. The number of anilines is 1. The van der Waals surface area contributed by atoms with Gasteiger partial charge in [0.1, 0.15) is 5.54 Å². The van der Waals surface area contributed by atoms with Crippen LogP contribution in [0.25, 0.3) is 0 Å². The van der Waals surface area contributed by atoms with E-state index >= 15 is 0 Å². The van der Waals surface area contributed by atoms with Gasteiger partial charge in [0.15, 0.2) is 0 Å². The molecule has 0 aliphatic carbocycles. The Morgan fingerprint density at radius 3 is 2.65 bits per heavy atom. The van der Waals surface area contributed by atoms with Gasteiger partial charge in [-0.3, -0.25) is 14.9 Å². The van der Waals surface area contributed by atoms with Gasteiger partial charge in [0.25, 0.3) is 0 Å². The fourth-order valence-electron chi connectivity index (χ4n) is 1.23. The number of rotatable bonds is 4. The zero-order valence-electron chi connectivity index (χ0n) is 9.85. The second-order valence-corrected chi connectivity index (χ2v) is 4.20. The first-order chi connectivity index (χ1) is 7.75. The molecule has 0 bridgehead atoms. The van der Waals surface area contributed by atoms with Gasteiger partial charge in [-0.05, 0) is 26.8 Å². The number of aromatic nitrogens is 1. The number of aryl methyl sites for hydroxylation is 1. The van der Waals surface area contributed by atoms with Crippen LogP contribution in [-0.4, -0.2) is 21.4 Å². The zero-order valence-corrected chi connectivity index (χ0v) is 9.85. The molecule has 0 radical (unpaired) electrons. The van der Waals surface area contributed by atoms with E-state index in [1.54, 1.807) is 6.92 Å². The van der Waals surface area contributed by atoms with Gasteiger partial charge < -0.3 is 11.1 Å². The Labute approximate surface area is 98.2 Å². The summed E-state index contributed by atoms with van der Waals surface area (Å²) in [5, 5.41) is 13.6. The number of nitro groups is 1. The first kappa shape index (κ1) is 12.9. The molecule has 1 rings (SSSR count). The van der Waals surface area contributed by atoms with Crippen LogP contribution in [0.15, 0.2) is 12.3 Å². The minimum absolute atomic E-state index is 0.0406. The van der Waals surface area contributed by atoms with E-state index in [0.29, 0.717) is 5.56 Å². The van der Waals surface area contributed by atoms with Gasteiger partial charge in [-0.2, -0.15) is 0 Å². The lowest BCUT2D eigenvalue weighted by atomic mass is 10.0. The molecule has 0 aromatic carbocycles. The van der Waals surface area contributed by atoms with Gasteiger partial charge in [0, 0.05) is 11.8 Å². The molecule has 0 spiro atoms. The third kappa shape index (κ3) is 2.68. The molecular weight excluding hydrogens is 224 g/mol. The monoisotopic (exact) mass is 238 g/mol. The van der Waals surface area contributed by atoms with Crippen molar-refractivity contribution in [3.05, 3.63) is 27.9 Å². The highest BCUT2D eigenvalue weighted by Gasteiger charge is 2.29. The third-order valence-electron chi connectivity index (χ3n) is 2.36. The number of primary amides is 1. The smallest absolute Gasteiger partial charge is 0.314 e. The number of hydrogen-bond donors (Lipinski definition) is 2. The molecule has 0 aliphatic heterocycles. The molecule has 3 N–H and O–H groups in total. The molecule has 0 saturated heterocycles. The largest absolute Gasteiger partial charge is 0.368 e. The van der Waals surface area contributed by atoms with Gasteiger partial charge >= 0.3 is 5.69 Å². The molecule has 17 heavy (non-hydrogen) atoms. The Bertz CT molecular complexity index is 471. The number of hydrogen-bond acceptors (Lipinski definition) is 5. The van der Waals surface area contributed by atoms with E-state index in [1.165, 1.54) is 26.1 Å². The third-order valence-corrected chi connectivity index (χ3v) is 2.36. The minimum Gasteiger partial charge on any atom is -0.368 e. The summed E-state index contributed by atoms with van der Waals surface area (Å²) >= 11 is 0. The lowest BCUT2D eigenvalue weighted by molar-refractivity contribution is -0.384. The second kappa shape index (κ2) is 4.36. The van der Waals surface area contributed by atoms with Crippen molar-refractivity contribution >= 4 is 17.4 Å². The van der Waals surface area contributed by atoms with E-state index in [2.05, 4.69) is 10.3 Å². The summed E-state index contributed by atoms with van der Waals surface area (Å²) in [4.78, 5) is 25.4. The molecule has 0 saturated carbocycles. The first-order valence-electron chi connectivity index (χ1n) is 4.94. The Morgan fingerprint density at radius 1 is 1.59 bits per heavy atom. The number of nitrogens with two attached hydrogens (primary N) is 1. The van der Waals surface area contributed by atoms with E-state index in [1.807, 2.05) is 0 Å². The predicted octanol–water partition coefficient (Wildman–Crippen LogP) is 0.974. The summed E-state index contributed by atoms with van der Waals surface area (Å²) in [6.45, 7) is 4.66. The van der Waals surface area contributed by atoms with Gasteiger partial charge in [0.05, 0.1) is 4.92 Å². The number of pyridine rings is 1. The first-order valence-corrected chi connectivity index (χ1v) is 4.94. The van der Waals surface area contributed by atoms with E-state index in [9.17, 15) is 14.9 Å². The molecule has 0 unspecified atom stereocenters. The highest BCUT2D eigenvalue weighted by atomic mass is 16.6. The van der Waals surface area contributed by atoms with Gasteiger partial charge in [-0.15, -0.1) is 0 Å². The fourth-order valence-corrected chi connectivity index (χ4v) is 1.23. The Morgan fingerprint density at radius 2 is 2.18 bits per heavy atom. The average molecular weight is 238 g/mol. The molecule has 0 atom stereocenters. The quantitative estimate of drug-likeness (QED) is 0.599. The second-order valence-electron chi connectivity index (χ2n) is 4.20. The summed E-state index contributed by atoms with van der Waals surface area (Å²) in [7, 11) is 0. The van der Waals surface area contributed by atoms with Crippen LogP contribution in [0, 0.1) is 17.0 Å². The number of amides is 1. The maximum absolute atomic E-state index is 11.2.